The van der Waals surface area contributed by atoms with Gasteiger partial charge in [0.05, 0.1) is 56.0 Å². The first-order valence-electron chi connectivity index (χ1n) is 11.9. The van der Waals surface area contributed by atoms with Gasteiger partial charge in [0.1, 0.15) is 17.1 Å². The lowest BCUT2D eigenvalue weighted by Gasteiger charge is -2.25. The summed E-state index contributed by atoms with van der Waals surface area (Å²) >= 11 is 6.29. The van der Waals surface area contributed by atoms with Crippen LogP contribution in [-0.2, 0) is 13.1 Å². The number of aromatic nitrogens is 4. The number of rotatable bonds is 10. The van der Waals surface area contributed by atoms with E-state index in [1.54, 1.807) is 31.6 Å². The molecule has 0 bridgehead atoms. The first-order valence-corrected chi connectivity index (χ1v) is 12.3. The number of nitrogens with zero attached hydrogens (tertiary/aromatic N) is 5. The van der Waals surface area contributed by atoms with Crippen molar-refractivity contribution < 1.29 is 19.4 Å². The number of carbonyl (C=O) groups excluding carboxylic acids is 1. The van der Waals surface area contributed by atoms with E-state index in [0.29, 0.717) is 41.3 Å². The molecule has 1 amide bonds. The Balaban J connectivity index is 1.65. The molecule has 3 aromatic rings. The Bertz CT molecular complexity index is 1240. The molecular formula is C25H30ClN7O4. The van der Waals surface area contributed by atoms with Gasteiger partial charge in [-0.3, -0.25) is 14.8 Å². The maximum Gasteiger partial charge on any atom is 0.260 e. The lowest BCUT2D eigenvalue weighted by molar-refractivity contribution is 0.0947. The van der Waals surface area contributed by atoms with Crippen molar-refractivity contribution in [2.45, 2.75) is 38.9 Å². The highest BCUT2D eigenvalue weighted by atomic mass is 35.5. The molecule has 1 aromatic carbocycles. The van der Waals surface area contributed by atoms with E-state index in [-0.39, 0.29) is 30.6 Å². The molecular weight excluding hydrogens is 498 g/mol. The van der Waals surface area contributed by atoms with Crippen molar-refractivity contribution in [2.24, 2.45) is 0 Å². The van der Waals surface area contributed by atoms with Gasteiger partial charge >= 0.3 is 0 Å². The summed E-state index contributed by atoms with van der Waals surface area (Å²) < 4.78 is 10.8. The van der Waals surface area contributed by atoms with Gasteiger partial charge in [-0.1, -0.05) is 17.7 Å². The Kier molecular flexibility index (Phi) is 8.57. The van der Waals surface area contributed by atoms with Crippen molar-refractivity contribution in [3.63, 3.8) is 0 Å². The predicted molar refractivity (Wildman–Crippen MR) is 139 cm³/mol. The average Bonchev–Trinajstić information content (AvgIpc) is 3.40. The minimum absolute atomic E-state index is 0.0153. The standard InChI is InChI=1S/C25H30ClN7O4/c1-15-10-28-17(12-27-15)13-30-23(35)21-22(29-11-16-6-7-20(36-2)19(26)9-16)31-25(32-24(21)37-3)33-8-4-5-18(33)14-34/h6-7,9-10,12,18,34H,4-5,8,11,13-14H2,1-3H3,(H,30,35)(H,29,31,32)/t18-/m0/s1. The number of benzene rings is 1. The fourth-order valence-electron chi connectivity index (χ4n) is 4.10. The van der Waals surface area contributed by atoms with Gasteiger partial charge in [0, 0.05) is 19.3 Å². The van der Waals surface area contributed by atoms with Crippen LogP contribution in [0.3, 0.4) is 0 Å². The zero-order chi connectivity index (χ0) is 26.4. The van der Waals surface area contributed by atoms with E-state index in [1.165, 1.54) is 7.11 Å². The number of aryl methyl sites for hydroxylation is 1. The van der Waals surface area contributed by atoms with Crippen LogP contribution in [0.5, 0.6) is 11.6 Å². The summed E-state index contributed by atoms with van der Waals surface area (Å²) in [5.74, 6) is 0.937. The zero-order valence-corrected chi connectivity index (χ0v) is 21.7. The number of methoxy groups -OCH3 is 2. The van der Waals surface area contributed by atoms with Crippen molar-refractivity contribution in [1.29, 1.82) is 0 Å². The van der Waals surface area contributed by atoms with Gasteiger partial charge in [-0.2, -0.15) is 9.97 Å². The minimum Gasteiger partial charge on any atom is -0.495 e. The third-order valence-corrected chi connectivity index (χ3v) is 6.37. The summed E-state index contributed by atoms with van der Waals surface area (Å²) in [5, 5.41) is 16.4. The van der Waals surface area contributed by atoms with Crippen molar-refractivity contribution >= 4 is 29.3 Å². The number of halogens is 1. The van der Waals surface area contributed by atoms with Crippen LogP contribution in [-0.4, -0.2) is 64.4 Å². The van der Waals surface area contributed by atoms with Crippen LogP contribution < -0.4 is 25.0 Å². The lowest BCUT2D eigenvalue weighted by Crippen LogP contribution is -2.34. The molecule has 1 atom stereocenters. The van der Waals surface area contributed by atoms with Crippen LogP contribution >= 0.6 is 11.6 Å². The van der Waals surface area contributed by atoms with Crippen LogP contribution in [0.25, 0.3) is 0 Å². The Morgan fingerprint density at radius 3 is 2.70 bits per heavy atom. The van der Waals surface area contributed by atoms with Gasteiger partial charge < -0.3 is 30.1 Å². The number of carbonyl (C=O) groups is 1. The molecule has 0 radical (unpaired) electrons. The van der Waals surface area contributed by atoms with E-state index in [0.717, 1.165) is 24.1 Å². The summed E-state index contributed by atoms with van der Waals surface area (Å²) in [5.41, 5.74) is 2.42. The fraction of sp³-hybridized carbons (Fsp3) is 0.400. The van der Waals surface area contributed by atoms with E-state index in [4.69, 9.17) is 21.1 Å². The molecule has 1 aliphatic heterocycles. The van der Waals surface area contributed by atoms with Gasteiger partial charge in [-0.15, -0.1) is 0 Å². The summed E-state index contributed by atoms with van der Waals surface area (Å²) in [4.78, 5) is 33.0. The van der Waals surface area contributed by atoms with Crippen LogP contribution in [0.2, 0.25) is 5.02 Å². The van der Waals surface area contributed by atoms with E-state index in [1.807, 2.05) is 17.9 Å². The molecule has 0 aliphatic carbocycles. The van der Waals surface area contributed by atoms with Gasteiger partial charge in [0.25, 0.3) is 5.91 Å². The summed E-state index contributed by atoms with van der Waals surface area (Å²) in [6.45, 7) is 3.02. The second kappa shape index (κ2) is 12.0. The van der Waals surface area contributed by atoms with Crippen LogP contribution in [0.1, 0.15) is 40.2 Å². The smallest absolute Gasteiger partial charge is 0.260 e. The third-order valence-electron chi connectivity index (χ3n) is 6.07. The maximum atomic E-state index is 13.3. The summed E-state index contributed by atoms with van der Waals surface area (Å²) in [7, 11) is 3.01. The molecule has 0 spiro atoms. The van der Waals surface area contributed by atoms with Crippen LogP contribution in [0.15, 0.2) is 30.6 Å². The summed E-state index contributed by atoms with van der Waals surface area (Å²) in [6, 6.07) is 5.33. The van der Waals surface area contributed by atoms with Gasteiger partial charge in [-0.25, -0.2) is 0 Å². The fourth-order valence-corrected chi connectivity index (χ4v) is 4.38. The second-order valence-electron chi connectivity index (χ2n) is 8.58. The normalized spacial score (nSPS) is 14.9. The second-order valence-corrected chi connectivity index (χ2v) is 8.99. The van der Waals surface area contributed by atoms with E-state index in [2.05, 4.69) is 30.6 Å². The summed E-state index contributed by atoms with van der Waals surface area (Å²) in [6.07, 6.45) is 4.99. The quantitative estimate of drug-likeness (QED) is 0.361. The molecule has 3 heterocycles. The molecule has 1 saturated heterocycles. The molecule has 2 aromatic heterocycles. The average molecular weight is 528 g/mol. The van der Waals surface area contributed by atoms with Crippen LogP contribution in [0.4, 0.5) is 11.8 Å². The highest BCUT2D eigenvalue weighted by Crippen LogP contribution is 2.31. The Labute approximate surface area is 220 Å². The lowest BCUT2D eigenvalue weighted by atomic mass is 10.2. The molecule has 1 fully saturated rings. The number of aliphatic hydroxyl groups excluding tert-OH is 1. The number of hydrogen-bond donors (Lipinski definition) is 3. The Morgan fingerprint density at radius 2 is 2.03 bits per heavy atom. The van der Waals surface area contributed by atoms with E-state index >= 15 is 0 Å². The van der Waals surface area contributed by atoms with Gasteiger partial charge in [0.15, 0.2) is 0 Å². The number of amides is 1. The largest absolute Gasteiger partial charge is 0.495 e. The van der Waals surface area contributed by atoms with Crippen molar-refractivity contribution in [3.8, 4) is 11.6 Å². The molecule has 4 rings (SSSR count). The highest BCUT2D eigenvalue weighted by Gasteiger charge is 2.30. The molecule has 0 unspecified atom stereocenters. The number of aliphatic hydroxyl groups is 1. The Morgan fingerprint density at radius 1 is 1.19 bits per heavy atom. The maximum absolute atomic E-state index is 13.3. The topological polar surface area (TPSA) is 135 Å². The molecule has 37 heavy (non-hydrogen) atoms. The van der Waals surface area contributed by atoms with E-state index < -0.39 is 5.91 Å². The van der Waals surface area contributed by atoms with Gasteiger partial charge in [-0.05, 0) is 37.5 Å². The Hall–Kier alpha value is -3.70. The SMILES string of the molecule is COc1ccc(CNc2nc(N3CCC[C@H]3CO)nc(OC)c2C(=O)NCc2cnc(C)cn2)cc1Cl. The number of hydrogen-bond acceptors (Lipinski definition) is 10. The third kappa shape index (κ3) is 6.17. The number of nitrogens with one attached hydrogen (secondary N) is 2. The predicted octanol–water partition coefficient (Wildman–Crippen LogP) is 2.75. The van der Waals surface area contributed by atoms with Crippen LogP contribution in [0, 0.1) is 6.92 Å². The molecule has 12 heteroatoms. The first kappa shape index (κ1) is 26.4. The molecule has 1 aliphatic rings. The molecule has 3 N–H and O–H groups in total. The minimum atomic E-state index is -0.429. The van der Waals surface area contributed by atoms with Crippen molar-refractivity contribution in [2.75, 3.05) is 37.6 Å². The first-order chi connectivity index (χ1) is 17.9. The molecule has 0 saturated carbocycles. The van der Waals surface area contributed by atoms with E-state index in [9.17, 15) is 9.90 Å². The highest BCUT2D eigenvalue weighted by molar-refractivity contribution is 6.32. The number of ether oxygens (including phenoxy) is 2. The van der Waals surface area contributed by atoms with Gasteiger partial charge in [0.2, 0.25) is 11.8 Å². The molecule has 11 nitrogen and oxygen atoms in total. The van der Waals surface area contributed by atoms with Crippen molar-refractivity contribution in [3.05, 3.63) is 58.1 Å². The monoisotopic (exact) mass is 527 g/mol. The van der Waals surface area contributed by atoms with Crippen molar-refractivity contribution in [1.82, 2.24) is 25.3 Å². The number of anilines is 2. The molecule has 196 valence electrons. The zero-order valence-electron chi connectivity index (χ0n) is 21.0.